The molecule has 5 heteroatoms. The molecule has 0 fully saturated rings. The van der Waals surface area contributed by atoms with Crippen LogP contribution in [0.1, 0.15) is 37.3 Å². The molecule has 0 aliphatic heterocycles. The van der Waals surface area contributed by atoms with Crippen molar-refractivity contribution in [1.82, 2.24) is 0 Å². The van der Waals surface area contributed by atoms with Crippen molar-refractivity contribution in [1.29, 1.82) is 0 Å². The molecule has 0 saturated heterocycles. The molecule has 0 N–H and O–H groups in total. The van der Waals surface area contributed by atoms with E-state index in [2.05, 4.69) is 6.92 Å². The Kier molecular flexibility index (Phi) is 7.06. The van der Waals surface area contributed by atoms with Gasteiger partial charge in [0.15, 0.2) is 5.78 Å². The molecule has 164 valence electrons. The highest BCUT2D eigenvalue weighted by atomic mass is 16.5. The number of ketones is 1. The van der Waals surface area contributed by atoms with E-state index >= 15 is 0 Å². The Hall–Kier alpha value is -3.21. The fraction of sp³-hybridized carbons (Fsp3) is 0.346. The minimum atomic E-state index is -0.00638. The second-order valence-corrected chi connectivity index (χ2v) is 7.65. The maximum absolute atomic E-state index is 12.9. The minimum Gasteiger partial charge on any atom is -0.497 e. The summed E-state index contributed by atoms with van der Waals surface area (Å²) in [6.45, 7) is 4.06. The lowest BCUT2D eigenvalue weighted by atomic mass is 9.72. The van der Waals surface area contributed by atoms with Gasteiger partial charge in [-0.1, -0.05) is 19.1 Å². The van der Waals surface area contributed by atoms with Gasteiger partial charge in [-0.15, -0.1) is 0 Å². The molecule has 0 heterocycles. The molecule has 2 aromatic rings. The molecule has 1 aliphatic carbocycles. The average Bonchev–Trinajstić information content (AvgIpc) is 2.80. The summed E-state index contributed by atoms with van der Waals surface area (Å²) >= 11 is 0. The van der Waals surface area contributed by atoms with E-state index in [1.165, 1.54) is 0 Å². The first-order chi connectivity index (χ1) is 14.9. The van der Waals surface area contributed by atoms with E-state index in [-0.39, 0.29) is 17.6 Å². The molecular formula is C26H30O5. The summed E-state index contributed by atoms with van der Waals surface area (Å²) < 4.78 is 21.8. The fourth-order valence-corrected chi connectivity index (χ4v) is 4.18. The number of carbonyl (C=O) groups excluding carboxylic acids is 1. The van der Waals surface area contributed by atoms with E-state index in [1.807, 2.05) is 55.5 Å². The number of ether oxygens (including phenoxy) is 4. The molecule has 2 atom stereocenters. The van der Waals surface area contributed by atoms with E-state index in [9.17, 15) is 4.79 Å². The van der Waals surface area contributed by atoms with Crippen molar-refractivity contribution >= 4 is 11.9 Å². The van der Waals surface area contributed by atoms with Crippen LogP contribution in [0.15, 0.2) is 53.6 Å². The number of methoxy groups -OCH3 is 4. The van der Waals surface area contributed by atoms with Gasteiger partial charge in [0.05, 0.1) is 28.4 Å². The number of hydrogen-bond donors (Lipinski definition) is 0. The summed E-state index contributed by atoms with van der Waals surface area (Å²) in [6, 6.07) is 11.4. The number of Topliss-reactive ketones (excluding diaryl/α,β-unsaturated/α-hetero) is 1. The zero-order valence-electron chi connectivity index (χ0n) is 19.0. The molecule has 0 spiro atoms. The normalized spacial score (nSPS) is 19.0. The lowest BCUT2D eigenvalue weighted by Gasteiger charge is -2.32. The van der Waals surface area contributed by atoms with Gasteiger partial charge in [-0.2, -0.15) is 0 Å². The molecule has 0 bridgehead atoms. The highest BCUT2D eigenvalue weighted by molar-refractivity contribution is 5.98. The molecule has 0 aromatic heterocycles. The standard InChI is InChI=1S/C26H30O5/c1-16-21(10-7-18-13-19(28-3)8-11-25(18)30-5)17(2)24(27)15-22(16)23-14-20(29-4)9-12-26(23)31-6/h7-14,16,22H,15H2,1-6H3/b10-7-/t16-,22-/m1/s1. The first-order valence-electron chi connectivity index (χ1n) is 10.3. The molecule has 31 heavy (non-hydrogen) atoms. The van der Waals surface area contributed by atoms with Crippen molar-refractivity contribution in [2.24, 2.45) is 5.92 Å². The number of hydrogen-bond acceptors (Lipinski definition) is 5. The smallest absolute Gasteiger partial charge is 0.159 e. The van der Waals surface area contributed by atoms with Crippen LogP contribution in [0.25, 0.3) is 6.08 Å². The third-order valence-corrected chi connectivity index (χ3v) is 6.07. The maximum Gasteiger partial charge on any atom is 0.159 e. The first-order valence-corrected chi connectivity index (χ1v) is 10.3. The molecular weight excluding hydrogens is 392 g/mol. The van der Waals surface area contributed by atoms with Crippen LogP contribution in [0.2, 0.25) is 0 Å². The Labute approximate surface area is 184 Å². The van der Waals surface area contributed by atoms with Crippen molar-refractivity contribution in [2.75, 3.05) is 28.4 Å². The Morgan fingerprint density at radius 2 is 1.45 bits per heavy atom. The minimum absolute atomic E-state index is 0.00638. The zero-order valence-corrected chi connectivity index (χ0v) is 19.0. The van der Waals surface area contributed by atoms with Crippen LogP contribution < -0.4 is 18.9 Å². The van der Waals surface area contributed by atoms with Gasteiger partial charge in [0, 0.05) is 23.5 Å². The molecule has 5 nitrogen and oxygen atoms in total. The summed E-state index contributed by atoms with van der Waals surface area (Å²) in [4.78, 5) is 12.9. The SMILES string of the molecule is COc1ccc(OC)c(/C=C\C2=C(C)C(=O)C[C@@H](c3cc(OC)ccc3OC)[C@@H]2C)c1. The highest BCUT2D eigenvalue weighted by Gasteiger charge is 2.33. The van der Waals surface area contributed by atoms with Gasteiger partial charge in [-0.25, -0.2) is 0 Å². The lowest BCUT2D eigenvalue weighted by molar-refractivity contribution is -0.116. The summed E-state index contributed by atoms with van der Waals surface area (Å²) in [5, 5.41) is 0. The number of benzene rings is 2. The molecule has 0 unspecified atom stereocenters. The molecule has 0 saturated carbocycles. The van der Waals surface area contributed by atoms with E-state index in [4.69, 9.17) is 18.9 Å². The van der Waals surface area contributed by atoms with Crippen LogP contribution in [-0.4, -0.2) is 34.2 Å². The second-order valence-electron chi connectivity index (χ2n) is 7.65. The fourth-order valence-electron chi connectivity index (χ4n) is 4.18. The van der Waals surface area contributed by atoms with Crippen molar-refractivity contribution in [2.45, 2.75) is 26.2 Å². The van der Waals surface area contributed by atoms with E-state index in [0.29, 0.717) is 6.42 Å². The van der Waals surface area contributed by atoms with Crippen LogP contribution in [0.3, 0.4) is 0 Å². The van der Waals surface area contributed by atoms with Gasteiger partial charge in [0.25, 0.3) is 0 Å². The van der Waals surface area contributed by atoms with Crippen LogP contribution in [-0.2, 0) is 4.79 Å². The summed E-state index contributed by atoms with van der Waals surface area (Å²) in [7, 11) is 6.57. The van der Waals surface area contributed by atoms with Crippen molar-refractivity contribution in [3.05, 3.63) is 64.7 Å². The van der Waals surface area contributed by atoms with Crippen LogP contribution in [0.4, 0.5) is 0 Å². The quantitative estimate of drug-likeness (QED) is 0.594. The van der Waals surface area contributed by atoms with E-state index < -0.39 is 0 Å². The largest absolute Gasteiger partial charge is 0.497 e. The third kappa shape index (κ3) is 4.61. The number of carbonyl (C=O) groups is 1. The predicted molar refractivity (Wildman–Crippen MR) is 122 cm³/mol. The number of allylic oxidation sites excluding steroid dienone is 3. The van der Waals surface area contributed by atoms with Gasteiger partial charge in [0.2, 0.25) is 0 Å². The lowest BCUT2D eigenvalue weighted by Crippen LogP contribution is -2.24. The van der Waals surface area contributed by atoms with Gasteiger partial charge < -0.3 is 18.9 Å². The van der Waals surface area contributed by atoms with Gasteiger partial charge in [0.1, 0.15) is 23.0 Å². The third-order valence-electron chi connectivity index (χ3n) is 6.07. The van der Waals surface area contributed by atoms with E-state index in [0.717, 1.165) is 45.3 Å². The predicted octanol–water partition coefficient (Wildman–Crippen LogP) is 5.44. The van der Waals surface area contributed by atoms with Gasteiger partial charge in [-0.05, 0) is 60.4 Å². The Balaban J connectivity index is 2.01. The van der Waals surface area contributed by atoms with Crippen LogP contribution in [0.5, 0.6) is 23.0 Å². The molecule has 1 aliphatic rings. The molecule has 0 radical (unpaired) electrons. The molecule has 0 amide bonds. The second kappa shape index (κ2) is 9.73. The van der Waals surface area contributed by atoms with Gasteiger partial charge >= 0.3 is 0 Å². The number of rotatable bonds is 7. The molecule has 2 aromatic carbocycles. The topological polar surface area (TPSA) is 54.0 Å². The summed E-state index contributed by atoms with van der Waals surface area (Å²) in [5.41, 5.74) is 3.68. The van der Waals surface area contributed by atoms with Crippen LogP contribution in [0, 0.1) is 5.92 Å². The van der Waals surface area contributed by atoms with Crippen molar-refractivity contribution in [3.63, 3.8) is 0 Å². The molecule has 3 rings (SSSR count). The average molecular weight is 423 g/mol. The first kappa shape index (κ1) is 22.5. The van der Waals surface area contributed by atoms with Crippen LogP contribution >= 0.6 is 0 Å². The maximum atomic E-state index is 12.9. The van der Waals surface area contributed by atoms with E-state index in [1.54, 1.807) is 28.4 Å². The summed E-state index contributed by atoms with van der Waals surface area (Å²) in [5.74, 6) is 3.27. The zero-order chi connectivity index (χ0) is 22.5. The highest BCUT2D eigenvalue weighted by Crippen LogP contribution is 2.44. The monoisotopic (exact) mass is 422 g/mol. The summed E-state index contributed by atoms with van der Waals surface area (Å²) in [6.07, 6.45) is 4.44. The van der Waals surface area contributed by atoms with Gasteiger partial charge in [-0.3, -0.25) is 4.79 Å². The Bertz CT molecular complexity index is 1020. The Morgan fingerprint density at radius 3 is 2.06 bits per heavy atom. The van der Waals surface area contributed by atoms with Crippen molar-refractivity contribution in [3.8, 4) is 23.0 Å². The Morgan fingerprint density at radius 1 is 0.839 bits per heavy atom. The van der Waals surface area contributed by atoms with Crippen molar-refractivity contribution < 1.29 is 23.7 Å².